The van der Waals surface area contributed by atoms with Gasteiger partial charge in [0.05, 0.1) is 11.1 Å². The second-order valence-electron chi connectivity index (χ2n) is 3.64. The predicted molar refractivity (Wildman–Crippen MR) is 64.7 cm³/mol. The summed E-state index contributed by atoms with van der Waals surface area (Å²) in [6.45, 7) is 1.42. The largest absolute Gasteiger partial charge is 0.392 e. The molecule has 0 aliphatic heterocycles. The molecule has 1 aromatic rings. The number of benzene rings is 1. The molecule has 0 saturated carbocycles. The average molecular weight is 275 g/mol. The monoisotopic (exact) mass is 274 g/mol. The van der Waals surface area contributed by atoms with Crippen molar-refractivity contribution in [3.63, 3.8) is 0 Å². The van der Waals surface area contributed by atoms with E-state index < -0.39 is 23.7 Å². The first kappa shape index (κ1) is 14.4. The Bertz CT molecular complexity index is 466. The Morgan fingerprint density at radius 1 is 1.44 bits per heavy atom. The molecule has 0 fully saturated rings. The Morgan fingerprint density at radius 3 is 2.67 bits per heavy atom. The molecular weight excluding hydrogens is 263 g/mol. The van der Waals surface area contributed by atoms with Gasteiger partial charge in [0.15, 0.2) is 0 Å². The van der Waals surface area contributed by atoms with Gasteiger partial charge in [0.1, 0.15) is 5.82 Å². The van der Waals surface area contributed by atoms with Crippen molar-refractivity contribution in [1.82, 2.24) is 5.32 Å². The Hall–Kier alpha value is -1.66. The van der Waals surface area contributed by atoms with Crippen molar-refractivity contribution in [2.45, 2.75) is 13.0 Å². The molecule has 18 heavy (non-hydrogen) atoms. The molecule has 7 heteroatoms. The number of nitrogens with one attached hydrogen (secondary N) is 2. The molecule has 1 rings (SSSR count). The molecule has 3 N–H and O–H groups in total. The Balaban J connectivity index is 2.58. The van der Waals surface area contributed by atoms with E-state index in [9.17, 15) is 14.0 Å². The zero-order valence-electron chi connectivity index (χ0n) is 9.54. The maximum Gasteiger partial charge on any atom is 0.313 e. The van der Waals surface area contributed by atoms with Gasteiger partial charge in [-0.1, -0.05) is 11.6 Å². The zero-order valence-corrected chi connectivity index (χ0v) is 10.3. The highest BCUT2D eigenvalue weighted by atomic mass is 35.5. The number of anilines is 1. The molecule has 0 aromatic heterocycles. The minimum absolute atomic E-state index is 0.0404. The van der Waals surface area contributed by atoms with Crippen LogP contribution in [0.2, 0.25) is 5.02 Å². The van der Waals surface area contributed by atoms with E-state index in [-0.39, 0.29) is 17.3 Å². The maximum atomic E-state index is 13.1. The van der Waals surface area contributed by atoms with Crippen LogP contribution in [0.5, 0.6) is 0 Å². The van der Waals surface area contributed by atoms with E-state index in [0.29, 0.717) is 0 Å². The lowest BCUT2D eigenvalue weighted by molar-refractivity contribution is -0.136. The van der Waals surface area contributed by atoms with Crippen molar-refractivity contribution < 1.29 is 19.1 Å². The molecular formula is C11H12ClFN2O3. The topological polar surface area (TPSA) is 78.4 Å². The van der Waals surface area contributed by atoms with E-state index >= 15 is 0 Å². The number of carbonyl (C=O) groups is 2. The van der Waals surface area contributed by atoms with Crippen LogP contribution in [0.4, 0.5) is 10.1 Å². The molecule has 0 aliphatic carbocycles. The van der Waals surface area contributed by atoms with Crippen LogP contribution in [0.15, 0.2) is 18.2 Å². The van der Waals surface area contributed by atoms with Crippen molar-refractivity contribution in [1.29, 1.82) is 0 Å². The van der Waals surface area contributed by atoms with Crippen molar-refractivity contribution in [2.24, 2.45) is 0 Å². The summed E-state index contributed by atoms with van der Waals surface area (Å²) in [5.74, 6) is -2.55. The molecule has 2 amide bonds. The van der Waals surface area contributed by atoms with Gasteiger partial charge in [-0.15, -0.1) is 0 Å². The van der Waals surface area contributed by atoms with E-state index in [1.54, 1.807) is 0 Å². The molecule has 1 aromatic carbocycles. The van der Waals surface area contributed by atoms with Gasteiger partial charge in [0.25, 0.3) is 0 Å². The quantitative estimate of drug-likeness (QED) is 0.717. The Morgan fingerprint density at radius 2 is 2.11 bits per heavy atom. The van der Waals surface area contributed by atoms with Crippen molar-refractivity contribution in [2.75, 3.05) is 11.9 Å². The van der Waals surface area contributed by atoms with Gasteiger partial charge in [-0.25, -0.2) is 4.39 Å². The van der Waals surface area contributed by atoms with Crippen molar-refractivity contribution in [3.8, 4) is 0 Å². The average Bonchev–Trinajstić information content (AvgIpc) is 2.30. The summed E-state index contributed by atoms with van der Waals surface area (Å²) in [7, 11) is 0. The minimum atomic E-state index is -0.947. The molecule has 0 heterocycles. The molecule has 98 valence electrons. The highest BCUT2D eigenvalue weighted by molar-refractivity contribution is 6.39. The Labute approximate surface area is 108 Å². The summed E-state index contributed by atoms with van der Waals surface area (Å²) in [6.07, 6.45) is -0.755. The zero-order chi connectivity index (χ0) is 13.7. The van der Waals surface area contributed by atoms with Gasteiger partial charge < -0.3 is 15.7 Å². The van der Waals surface area contributed by atoms with Gasteiger partial charge in [-0.05, 0) is 25.1 Å². The first-order valence-electron chi connectivity index (χ1n) is 5.12. The molecule has 0 bridgehead atoms. The van der Waals surface area contributed by atoms with E-state index in [1.807, 2.05) is 0 Å². The molecule has 0 saturated heterocycles. The lowest BCUT2D eigenvalue weighted by atomic mass is 10.3. The van der Waals surface area contributed by atoms with E-state index in [2.05, 4.69) is 10.6 Å². The SMILES string of the molecule is CC(O)CNC(=O)C(=O)Nc1ccc(Cl)c(F)c1. The molecule has 1 unspecified atom stereocenters. The van der Waals surface area contributed by atoms with Crippen LogP contribution in [0, 0.1) is 5.82 Å². The van der Waals surface area contributed by atoms with Crippen LogP contribution in [0.3, 0.4) is 0 Å². The number of halogens is 2. The lowest BCUT2D eigenvalue weighted by Gasteiger charge is -2.08. The van der Waals surface area contributed by atoms with E-state index in [4.69, 9.17) is 16.7 Å². The maximum absolute atomic E-state index is 13.1. The third kappa shape index (κ3) is 4.31. The fraction of sp³-hybridized carbons (Fsp3) is 0.273. The highest BCUT2D eigenvalue weighted by Gasteiger charge is 2.14. The highest BCUT2D eigenvalue weighted by Crippen LogP contribution is 2.18. The predicted octanol–water partition coefficient (Wildman–Crippen LogP) is 0.915. The number of amides is 2. The molecule has 1 atom stereocenters. The first-order chi connectivity index (χ1) is 8.40. The first-order valence-corrected chi connectivity index (χ1v) is 5.50. The third-order valence-electron chi connectivity index (χ3n) is 1.94. The van der Waals surface area contributed by atoms with Crippen molar-refractivity contribution >= 4 is 29.1 Å². The summed E-state index contributed by atoms with van der Waals surface area (Å²) in [5, 5.41) is 13.3. The van der Waals surface area contributed by atoms with Crippen LogP contribution < -0.4 is 10.6 Å². The fourth-order valence-electron chi connectivity index (χ4n) is 1.08. The molecule has 5 nitrogen and oxygen atoms in total. The Kier molecular flexibility index (Phi) is 5.06. The second kappa shape index (κ2) is 6.32. The molecule has 0 radical (unpaired) electrons. The molecule has 0 spiro atoms. The standard InChI is InChI=1S/C11H12ClFN2O3/c1-6(16)5-14-10(17)11(18)15-7-2-3-8(12)9(13)4-7/h2-4,6,16H,5H2,1H3,(H,14,17)(H,15,18). The summed E-state index contributed by atoms with van der Waals surface area (Å²) in [4.78, 5) is 22.6. The van der Waals surface area contributed by atoms with Gasteiger partial charge in [-0.2, -0.15) is 0 Å². The molecule has 0 aliphatic rings. The number of hydrogen-bond acceptors (Lipinski definition) is 3. The number of hydrogen-bond donors (Lipinski definition) is 3. The van der Waals surface area contributed by atoms with Gasteiger partial charge >= 0.3 is 11.8 Å². The summed E-state index contributed by atoms with van der Waals surface area (Å²) in [6, 6.07) is 3.63. The van der Waals surface area contributed by atoms with Crippen LogP contribution in [0.1, 0.15) is 6.92 Å². The summed E-state index contributed by atoms with van der Waals surface area (Å²) < 4.78 is 13.1. The van der Waals surface area contributed by atoms with Crippen molar-refractivity contribution in [3.05, 3.63) is 29.0 Å². The summed E-state index contributed by atoms with van der Waals surface area (Å²) >= 11 is 5.47. The number of aliphatic hydroxyl groups is 1. The minimum Gasteiger partial charge on any atom is -0.392 e. The smallest absolute Gasteiger partial charge is 0.313 e. The number of aliphatic hydroxyl groups excluding tert-OH is 1. The van der Waals surface area contributed by atoms with Crippen LogP contribution >= 0.6 is 11.6 Å². The fourth-order valence-corrected chi connectivity index (χ4v) is 1.20. The number of rotatable bonds is 3. The van der Waals surface area contributed by atoms with Crippen LogP contribution in [0.25, 0.3) is 0 Å². The lowest BCUT2D eigenvalue weighted by Crippen LogP contribution is -2.38. The van der Waals surface area contributed by atoms with Gasteiger partial charge in [0, 0.05) is 12.2 Å². The second-order valence-corrected chi connectivity index (χ2v) is 4.05. The van der Waals surface area contributed by atoms with Gasteiger partial charge in [-0.3, -0.25) is 9.59 Å². The van der Waals surface area contributed by atoms with E-state index in [0.717, 1.165) is 6.07 Å². The third-order valence-corrected chi connectivity index (χ3v) is 2.25. The summed E-state index contributed by atoms with van der Waals surface area (Å²) in [5.41, 5.74) is 0.120. The normalized spacial score (nSPS) is 11.8. The van der Waals surface area contributed by atoms with Crippen LogP contribution in [-0.4, -0.2) is 29.6 Å². The van der Waals surface area contributed by atoms with Crippen LogP contribution in [-0.2, 0) is 9.59 Å². The van der Waals surface area contributed by atoms with Gasteiger partial charge in [0.2, 0.25) is 0 Å². The number of carbonyl (C=O) groups excluding carboxylic acids is 2. The van der Waals surface area contributed by atoms with E-state index in [1.165, 1.54) is 19.1 Å².